The second-order valence-corrected chi connectivity index (χ2v) is 6.83. The third kappa shape index (κ3) is 3.43. The van der Waals surface area contributed by atoms with Crippen molar-refractivity contribution in [3.05, 3.63) is 34.9 Å². The number of rotatable bonds is 6. The topological polar surface area (TPSA) is 66.4 Å². The molecule has 1 amide bonds. The lowest BCUT2D eigenvalue weighted by molar-refractivity contribution is -0.157. The van der Waals surface area contributed by atoms with Crippen LogP contribution in [0.15, 0.2) is 24.3 Å². The highest BCUT2D eigenvalue weighted by molar-refractivity contribution is 6.31. The largest absolute Gasteiger partial charge is 0.481 e. The molecule has 4 nitrogen and oxygen atoms in total. The van der Waals surface area contributed by atoms with Crippen LogP contribution in [0, 0.1) is 11.3 Å². The molecule has 1 atom stereocenters. The van der Waals surface area contributed by atoms with Gasteiger partial charge in [0.1, 0.15) is 0 Å². The van der Waals surface area contributed by atoms with Gasteiger partial charge in [-0.2, -0.15) is 0 Å². The van der Waals surface area contributed by atoms with Crippen LogP contribution in [0.1, 0.15) is 51.1 Å². The van der Waals surface area contributed by atoms with E-state index in [2.05, 4.69) is 5.32 Å². The highest BCUT2D eigenvalue weighted by Crippen LogP contribution is 2.44. The van der Waals surface area contributed by atoms with Crippen molar-refractivity contribution in [2.45, 2.75) is 45.6 Å². The van der Waals surface area contributed by atoms with Gasteiger partial charge in [0.2, 0.25) is 5.91 Å². The van der Waals surface area contributed by atoms with Crippen LogP contribution in [0.2, 0.25) is 5.02 Å². The second-order valence-electron chi connectivity index (χ2n) is 6.43. The predicted octanol–water partition coefficient (Wildman–Crippen LogP) is 3.80. The Labute approximate surface area is 135 Å². The van der Waals surface area contributed by atoms with Crippen molar-refractivity contribution in [3.8, 4) is 0 Å². The SMILES string of the molecule is CC(C)C(NC(=O)CC1(C(=O)O)CCC1)c1ccccc1Cl. The molecular formula is C17H22ClNO3. The molecule has 0 radical (unpaired) electrons. The number of halogens is 1. The Kier molecular flexibility index (Phi) is 5.12. The van der Waals surface area contributed by atoms with Gasteiger partial charge in [-0.3, -0.25) is 9.59 Å². The molecule has 0 bridgehead atoms. The number of carboxylic acid groups (broad SMARTS) is 1. The van der Waals surface area contributed by atoms with Gasteiger partial charge in [0.05, 0.1) is 11.5 Å². The van der Waals surface area contributed by atoms with E-state index in [0.29, 0.717) is 17.9 Å². The van der Waals surface area contributed by atoms with Crippen LogP contribution in [0.4, 0.5) is 0 Å². The maximum atomic E-state index is 12.3. The average Bonchev–Trinajstić information content (AvgIpc) is 2.40. The molecule has 1 saturated carbocycles. The zero-order chi connectivity index (χ0) is 16.3. The number of hydrogen-bond acceptors (Lipinski definition) is 2. The number of nitrogens with one attached hydrogen (secondary N) is 1. The van der Waals surface area contributed by atoms with E-state index in [1.807, 2.05) is 32.0 Å². The van der Waals surface area contributed by atoms with E-state index in [9.17, 15) is 14.7 Å². The fourth-order valence-corrected chi connectivity index (χ4v) is 3.19. The molecule has 0 saturated heterocycles. The molecule has 120 valence electrons. The minimum absolute atomic E-state index is 0.0377. The van der Waals surface area contributed by atoms with E-state index in [1.165, 1.54) is 0 Å². The molecule has 0 aliphatic heterocycles. The summed E-state index contributed by atoms with van der Waals surface area (Å²) >= 11 is 6.22. The number of benzene rings is 1. The second kappa shape index (κ2) is 6.69. The Hall–Kier alpha value is -1.55. The zero-order valence-corrected chi connectivity index (χ0v) is 13.7. The van der Waals surface area contributed by atoms with Gasteiger partial charge in [-0.15, -0.1) is 0 Å². The standard InChI is InChI=1S/C17H22ClNO3/c1-11(2)15(12-6-3-4-7-13(12)18)19-14(20)10-17(16(21)22)8-5-9-17/h3-4,6-7,11,15H,5,8-10H2,1-2H3,(H,19,20)(H,21,22). The number of amides is 1. The Bertz CT molecular complexity index is 567. The van der Waals surface area contributed by atoms with E-state index in [-0.39, 0.29) is 24.3 Å². The number of carboxylic acids is 1. The molecule has 0 spiro atoms. The molecule has 1 fully saturated rings. The normalized spacial score (nSPS) is 17.6. The van der Waals surface area contributed by atoms with E-state index in [0.717, 1.165) is 12.0 Å². The minimum atomic E-state index is -0.869. The lowest BCUT2D eigenvalue weighted by Gasteiger charge is -2.37. The molecule has 22 heavy (non-hydrogen) atoms. The van der Waals surface area contributed by atoms with Gasteiger partial charge < -0.3 is 10.4 Å². The Morgan fingerprint density at radius 1 is 1.32 bits per heavy atom. The minimum Gasteiger partial charge on any atom is -0.481 e. The van der Waals surface area contributed by atoms with Crippen LogP contribution in [-0.2, 0) is 9.59 Å². The first-order valence-electron chi connectivity index (χ1n) is 7.63. The number of carbonyl (C=O) groups excluding carboxylic acids is 1. The van der Waals surface area contributed by atoms with Crippen molar-refractivity contribution < 1.29 is 14.7 Å². The van der Waals surface area contributed by atoms with E-state index in [4.69, 9.17) is 11.6 Å². The maximum Gasteiger partial charge on any atom is 0.310 e. The van der Waals surface area contributed by atoms with Crippen molar-refractivity contribution in [1.82, 2.24) is 5.32 Å². The number of aliphatic carboxylic acids is 1. The molecule has 1 unspecified atom stereocenters. The fourth-order valence-electron chi connectivity index (χ4n) is 2.93. The van der Waals surface area contributed by atoms with Crippen LogP contribution in [0.3, 0.4) is 0 Å². The maximum absolute atomic E-state index is 12.3. The van der Waals surface area contributed by atoms with Crippen LogP contribution < -0.4 is 5.32 Å². The molecule has 1 aromatic carbocycles. The molecule has 1 aromatic rings. The Morgan fingerprint density at radius 2 is 1.95 bits per heavy atom. The van der Waals surface area contributed by atoms with Crippen molar-refractivity contribution in [2.24, 2.45) is 11.3 Å². The van der Waals surface area contributed by atoms with Gasteiger partial charge in [0.15, 0.2) is 0 Å². The van der Waals surface area contributed by atoms with Crippen LogP contribution >= 0.6 is 11.6 Å². The van der Waals surface area contributed by atoms with Crippen LogP contribution in [0.5, 0.6) is 0 Å². The molecule has 0 aromatic heterocycles. The highest BCUT2D eigenvalue weighted by Gasteiger charge is 2.46. The summed E-state index contributed by atoms with van der Waals surface area (Å²) in [6.07, 6.45) is 2.07. The Morgan fingerprint density at radius 3 is 2.41 bits per heavy atom. The summed E-state index contributed by atoms with van der Waals surface area (Å²) in [5, 5.41) is 12.9. The van der Waals surface area contributed by atoms with E-state index < -0.39 is 11.4 Å². The van der Waals surface area contributed by atoms with Gasteiger partial charge in [-0.25, -0.2) is 0 Å². The predicted molar refractivity (Wildman–Crippen MR) is 85.7 cm³/mol. The van der Waals surface area contributed by atoms with E-state index in [1.54, 1.807) is 6.07 Å². The third-order valence-corrected chi connectivity index (χ3v) is 4.83. The smallest absolute Gasteiger partial charge is 0.310 e. The molecule has 1 aliphatic carbocycles. The Balaban J connectivity index is 2.10. The lowest BCUT2D eigenvalue weighted by Crippen LogP contribution is -2.43. The first-order valence-corrected chi connectivity index (χ1v) is 8.01. The van der Waals surface area contributed by atoms with Gasteiger partial charge in [-0.05, 0) is 30.4 Å². The summed E-state index contributed by atoms with van der Waals surface area (Å²) in [5.74, 6) is -0.931. The molecular weight excluding hydrogens is 302 g/mol. The molecule has 1 aliphatic rings. The summed E-state index contributed by atoms with van der Waals surface area (Å²) in [6, 6.07) is 7.20. The molecule has 2 rings (SSSR count). The van der Waals surface area contributed by atoms with Gasteiger partial charge in [0.25, 0.3) is 0 Å². The molecule has 5 heteroatoms. The lowest BCUT2D eigenvalue weighted by atomic mass is 9.66. The van der Waals surface area contributed by atoms with Crippen LogP contribution in [-0.4, -0.2) is 17.0 Å². The molecule has 2 N–H and O–H groups in total. The zero-order valence-electron chi connectivity index (χ0n) is 12.9. The van der Waals surface area contributed by atoms with E-state index >= 15 is 0 Å². The summed E-state index contributed by atoms with van der Waals surface area (Å²) in [5.41, 5.74) is -0.00275. The van der Waals surface area contributed by atoms with Crippen molar-refractivity contribution >= 4 is 23.5 Å². The fraction of sp³-hybridized carbons (Fsp3) is 0.529. The molecule has 0 heterocycles. The highest BCUT2D eigenvalue weighted by atomic mass is 35.5. The third-order valence-electron chi connectivity index (χ3n) is 4.49. The van der Waals surface area contributed by atoms with Gasteiger partial charge >= 0.3 is 5.97 Å². The summed E-state index contributed by atoms with van der Waals surface area (Å²) in [4.78, 5) is 23.7. The number of hydrogen-bond donors (Lipinski definition) is 2. The van der Waals surface area contributed by atoms with Gasteiger partial charge in [-0.1, -0.05) is 50.1 Å². The number of carbonyl (C=O) groups is 2. The van der Waals surface area contributed by atoms with Crippen LogP contribution in [0.25, 0.3) is 0 Å². The first kappa shape index (κ1) is 16.8. The monoisotopic (exact) mass is 323 g/mol. The average molecular weight is 324 g/mol. The quantitative estimate of drug-likeness (QED) is 0.836. The van der Waals surface area contributed by atoms with Crippen molar-refractivity contribution in [3.63, 3.8) is 0 Å². The summed E-state index contributed by atoms with van der Waals surface area (Å²) in [7, 11) is 0. The summed E-state index contributed by atoms with van der Waals surface area (Å²) in [6.45, 7) is 4.01. The summed E-state index contributed by atoms with van der Waals surface area (Å²) < 4.78 is 0. The van der Waals surface area contributed by atoms with Crippen molar-refractivity contribution in [1.29, 1.82) is 0 Å². The first-order chi connectivity index (χ1) is 10.4. The van der Waals surface area contributed by atoms with Gasteiger partial charge in [0, 0.05) is 11.4 Å². The van der Waals surface area contributed by atoms with Crippen molar-refractivity contribution in [2.75, 3.05) is 0 Å².